The lowest BCUT2D eigenvalue weighted by atomic mass is 9.93. The molecule has 0 aromatic heterocycles. The molecule has 0 fully saturated rings. The molecule has 152 valence electrons. The molecule has 3 rings (SSSR count). The van der Waals surface area contributed by atoms with Crippen LogP contribution in [0.4, 0.5) is 23.2 Å². The van der Waals surface area contributed by atoms with Crippen LogP contribution >= 0.6 is 11.6 Å². The van der Waals surface area contributed by atoms with Gasteiger partial charge in [0.2, 0.25) is 0 Å². The largest absolute Gasteiger partial charge is 0.490 e. The van der Waals surface area contributed by atoms with E-state index in [1.807, 2.05) is 0 Å². The van der Waals surface area contributed by atoms with Gasteiger partial charge in [-0.25, -0.2) is 9.29 Å². The Hall–Kier alpha value is -2.13. The zero-order valence-corrected chi connectivity index (χ0v) is 15.3. The predicted octanol–water partition coefficient (Wildman–Crippen LogP) is 4.18. The van der Waals surface area contributed by atoms with Gasteiger partial charge in [-0.2, -0.15) is 13.2 Å². The zero-order chi connectivity index (χ0) is 20.5. The van der Waals surface area contributed by atoms with Crippen LogP contribution in [0.1, 0.15) is 25.7 Å². The minimum Gasteiger partial charge on any atom is -0.490 e. The molecule has 1 aliphatic carbocycles. The second-order valence-corrected chi connectivity index (χ2v) is 6.77. The predicted molar refractivity (Wildman–Crippen MR) is 91.8 cm³/mol. The molecule has 5 nitrogen and oxygen atoms in total. The minimum atomic E-state index is -4.46. The molecule has 0 saturated carbocycles. The van der Waals surface area contributed by atoms with Crippen molar-refractivity contribution in [2.75, 3.05) is 24.7 Å². The second-order valence-electron chi connectivity index (χ2n) is 6.36. The van der Waals surface area contributed by atoms with E-state index >= 15 is 0 Å². The molecule has 0 saturated heterocycles. The number of hydrogen-bond acceptors (Lipinski definition) is 4. The summed E-state index contributed by atoms with van der Waals surface area (Å²) in [5, 5.41) is -0.145. The number of nitrogens with zero attached hydrogens (tertiary/aromatic N) is 1. The number of ether oxygens (including phenoxy) is 2. The first-order chi connectivity index (χ1) is 13.2. The fourth-order valence-corrected chi connectivity index (χ4v) is 3.36. The van der Waals surface area contributed by atoms with Crippen molar-refractivity contribution in [1.82, 2.24) is 0 Å². The number of imide groups is 1. The van der Waals surface area contributed by atoms with Gasteiger partial charge in [0.15, 0.2) is 0 Å². The highest BCUT2D eigenvalue weighted by atomic mass is 35.5. The molecule has 1 heterocycles. The maximum absolute atomic E-state index is 14.4. The molecule has 2 amide bonds. The number of hydrogen-bond donors (Lipinski definition) is 0. The van der Waals surface area contributed by atoms with Crippen LogP contribution in [0.3, 0.4) is 0 Å². The Balaban J connectivity index is 1.73. The highest BCUT2D eigenvalue weighted by Crippen LogP contribution is 2.39. The molecule has 1 aromatic rings. The van der Waals surface area contributed by atoms with Crippen molar-refractivity contribution < 1.29 is 36.6 Å². The molecule has 0 N–H and O–H groups in total. The molecule has 0 radical (unpaired) electrons. The molecule has 10 heteroatoms. The van der Waals surface area contributed by atoms with E-state index < -0.39 is 30.4 Å². The molecule has 1 aromatic carbocycles. The summed E-state index contributed by atoms with van der Waals surface area (Å²) in [5.41, 5.74) is 0.488. The number of halogens is 5. The van der Waals surface area contributed by atoms with Crippen LogP contribution in [0, 0.1) is 5.82 Å². The van der Waals surface area contributed by atoms with E-state index in [4.69, 9.17) is 16.3 Å². The highest BCUT2D eigenvalue weighted by molar-refractivity contribution is 6.34. The van der Waals surface area contributed by atoms with E-state index in [0.717, 1.165) is 29.9 Å². The molecule has 28 heavy (non-hydrogen) atoms. The third-order valence-corrected chi connectivity index (χ3v) is 4.68. The summed E-state index contributed by atoms with van der Waals surface area (Å²) in [7, 11) is 0. The van der Waals surface area contributed by atoms with Crippen LogP contribution < -0.4 is 9.64 Å². The first kappa shape index (κ1) is 20.6. The summed E-state index contributed by atoms with van der Waals surface area (Å²) in [4.78, 5) is 25.9. The molecular formula is C18H16ClF4NO4. The van der Waals surface area contributed by atoms with Crippen LogP contribution in [0.25, 0.3) is 0 Å². The van der Waals surface area contributed by atoms with Crippen molar-refractivity contribution in [1.29, 1.82) is 0 Å². The van der Waals surface area contributed by atoms with Gasteiger partial charge in [0.1, 0.15) is 24.8 Å². The van der Waals surface area contributed by atoms with Crippen molar-refractivity contribution in [3.05, 3.63) is 34.1 Å². The monoisotopic (exact) mass is 421 g/mol. The van der Waals surface area contributed by atoms with Crippen LogP contribution in [0.5, 0.6) is 5.75 Å². The van der Waals surface area contributed by atoms with Gasteiger partial charge in [0, 0.05) is 17.2 Å². The maximum Gasteiger partial charge on any atom is 0.411 e. The maximum atomic E-state index is 14.4. The highest BCUT2D eigenvalue weighted by Gasteiger charge is 2.41. The Morgan fingerprint density at radius 2 is 1.64 bits per heavy atom. The normalized spacial score (nSPS) is 17.4. The van der Waals surface area contributed by atoms with Crippen molar-refractivity contribution >= 4 is 29.1 Å². The van der Waals surface area contributed by atoms with Gasteiger partial charge in [-0.05, 0) is 31.7 Å². The first-order valence-corrected chi connectivity index (χ1v) is 8.94. The number of alkyl halides is 3. The van der Waals surface area contributed by atoms with E-state index in [1.165, 1.54) is 0 Å². The first-order valence-electron chi connectivity index (χ1n) is 8.56. The molecule has 2 aliphatic rings. The van der Waals surface area contributed by atoms with Crippen LogP contribution in [-0.4, -0.2) is 37.8 Å². The number of rotatable bonds is 6. The van der Waals surface area contributed by atoms with Gasteiger partial charge in [-0.3, -0.25) is 9.59 Å². The quantitative estimate of drug-likeness (QED) is 0.393. The Morgan fingerprint density at radius 1 is 1.04 bits per heavy atom. The number of anilines is 1. The van der Waals surface area contributed by atoms with Crippen molar-refractivity contribution in [2.24, 2.45) is 0 Å². The van der Waals surface area contributed by atoms with E-state index in [2.05, 4.69) is 4.74 Å². The lowest BCUT2D eigenvalue weighted by Crippen LogP contribution is -2.32. The standard InChI is InChI=1S/C18H16ClF4NO4/c19-12-7-13(20)14(8-15(12)28-6-5-27-9-18(21,22)23)24-16(25)10-3-1-2-4-11(10)17(24)26/h7-8H,1-6,9H2. The lowest BCUT2D eigenvalue weighted by molar-refractivity contribution is -0.175. The van der Waals surface area contributed by atoms with Gasteiger partial charge < -0.3 is 9.47 Å². The Labute approximate surface area is 162 Å². The molecule has 0 atom stereocenters. The third kappa shape index (κ3) is 4.30. The zero-order valence-electron chi connectivity index (χ0n) is 14.6. The Kier molecular flexibility index (Phi) is 5.95. The third-order valence-electron chi connectivity index (χ3n) is 4.38. The van der Waals surface area contributed by atoms with Crippen molar-refractivity contribution in [3.63, 3.8) is 0 Å². The summed E-state index contributed by atoms with van der Waals surface area (Å²) < 4.78 is 60.2. The number of carbonyl (C=O) groups excluding carboxylic acids is 2. The second kappa shape index (κ2) is 8.08. The SMILES string of the molecule is O=C1C2=C(CCCC2)C(=O)N1c1cc(OCCOCC(F)(F)F)c(Cl)cc1F. The summed E-state index contributed by atoms with van der Waals surface area (Å²) in [6, 6.07) is 1.98. The Morgan fingerprint density at radius 3 is 2.21 bits per heavy atom. The summed E-state index contributed by atoms with van der Waals surface area (Å²) in [6.07, 6.45) is -1.97. The average Bonchev–Trinajstić information content (AvgIpc) is 2.87. The fourth-order valence-electron chi connectivity index (χ4n) is 3.16. The van der Waals surface area contributed by atoms with Crippen LogP contribution in [0.15, 0.2) is 23.3 Å². The van der Waals surface area contributed by atoms with E-state index in [1.54, 1.807) is 0 Å². The number of benzene rings is 1. The van der Waals surface area contributed by atoms with E-state index in [9.17, 15) is 27.2 Å². The topological polar surface area (TPSA) is 55.8 Å². The number of carbonyl (C=O) groups is 2. The smallest absolute Gasteiger partial charge is 0.411 e. The molecule has 1 aliphatic heterocycles. The Bertz CT molecular complexity index is 810. The van der Waals surface area contributed by atoms with Crippen LogP contribution in [0.2, 0.25) is 5.02 Å². The summed E-state index contributed by atoms with van der Waals surface area (Å²) >= 11 is 5.90. The lowest BCUT2D eigenvalue weighted by Gasteiger charge is -2.18. The molecular weight excluding hydrogens is 406 g/mol. The van der Waals surface area contributed by atoms with Gasteiger partial charge in [0.25, 0.3) is 11.8 Å². The molecule has 0 unspecified atom stereocenters. The van der Waals surface area contributed by atoms with E-state index in [0.29, 0.717) is 24.0 Å². The minimum absolute atomic E-state index is 0.0702. The van der Waals surface area contributed by atoms with Gasteiger partial charge in [-0.1, -0.05) is 11.6 Å². The summed E-state index contributed by atoms with van der Waals surface area (Å²) in [5.74, 6) is -2.09. The van der Waals surface area contributed by atoms with E-state index in [-0.39, 0.29) is 29.7 Å². The van der Waals surface area contributed by atoms with Crippen LogP contribution in [-0.2, 0) is 14.3 Å². The molecule has 0 bridgehead atoms. The fraction of sp³-hybridized carbons (Fsp3) is 0.444. The average molecular weight is 422 g/mol. The van der Waals surface area contributed by atoms with Crippen molar-refractivity contribution in [3.8, 4) is 5.75 Å². The summed E-state index contributed by atoms with van der Waals surface area (Å²) in [6.45, 7) is -2.08. The number of amides is 2. The van der Waals surface area contributed by atoms with Gasteiger partial charge >= 0.3 is 6.18 Å². The molecule has 0 spiro atoms. The van der Waals surface area contributed by atoms with Gasteiger partial charge in [0.05, 0.1) is 17.3 Å². The van der Waals surface area contributed by atoms with Gasteiger partial charge in [-0.15, -0.1) is 0 Å². The van der Waals surface area contributed by atoms with Crippen molar-refractivity contribution in [2.45, 2.75) is 31.9 Å².